The maximum absolute atomic E-state index is 14.2. The standard InChI is InChI=1S/C31H23N7O2/c1-20(35-30(39)27-28(32)36-37-18-6-15-34-29(27)37)25-19-23-8-5-7-22(12-11-21-13-16-33-17-14-21)26(23)31(40)38(25)24-9-3-2-4-10-24/h2-10,13-20H,1H3,(H3,32,35,36,39)/p+1. The number of hydrogen-bond donors (Lipinski definition) is 3. The number of amides is 1. The molecule has 9 heteroatoms. The van der Waals surface area contributed by atoms with E-state index in [-0.39, 0.29) is 16.9 Å². The van der Waals surface area contributed by atoms with Crippen molar-refractivity contribution in [1.82, 2.24) is 25.0 Å². The largest absolute Gasteiger partial charge is 0.382 e. The molecule has 0 aliphatic rings. The van der Waals surface area contributed by atoms with Gasteiger partial charge in [0.1, 0.15) is 12.4 Å². The van der Waals surface area contributed by atoms with Crippen LogP contribution in [0.4, 0.5) is 5.82 Å². The molecule has 0 bridgehead atoms. The van der Waals surface area contributed by atoms with Crippen LogP contribution >= 0.6 is 0 Å². The van der Waals surface area contributed by atoms with Crippen molar-refractivity contribution in [3.8, 4) is 17.5 Å². The molecule has 1 atom stereocenters. The summed E-state index contributed by atoms with van der Waals surface area (Å²) in [5, 5.41) is 7.15. The minimum Gasteiger partial charge on any atom is -0.382 e. The quantitative estimate of drug-likeness (QED) is 0.240. The SMILES string of the molecule is CC(NC(=O)c1c(N)[nH][n+]2cccnc12)c1cc2cccc(C#Cc3ccncc3)c2c(=O)n1-c1ccccc1. The average Bonchev–Trinajstić information content (AvgIpc) is 3.32. The molecule has 2 aromatic carbocycles. The van der Waals surface area contributed by atoms with Gasteiger partial charge in [0.2, 0.25) is 0 Å². The number of nitrogens with one attached hydrogen (secondary N) is 2. The second kappa shape index (κ2) is 10.2. The highest BCUT2D eigenvalue weighted by Crippen LogP contribution is 2.24. The van der Waals surface area contributed by atoms with Crippen LogP contribution in [0.15, 0.2) is 102 Å². The van der Waals surface area contributed by atoms with Crippen LogP contribution in [-0.4, -0.2) is 25.5 Å². The Morgan fingerprint density at radius 2 is 1.82 bits per heavy atom. The second-order valence-corrected chi connectivity index (χ2v) is 9.21. The van der Waals surface area contributed by atoms with Crippen LogP contribution in [0.25, 0.3) is 22.1 Å². The number of nitrogen functional groups attached to an aromatic ring is 1. The van der Waals surface area contributed by atoms with Gasteiger partial charge < -0.3 is 11.1 Å². The maximum atomic E-state index is 14.2. The summed E-state index contributed by atoms with van der Waals surface area (Å²) in [7, 11) is 0. The number of aromatic amines is 1. The van der Waals surface area contributed by atoms with Crippen LogP contribution in [0.1, 0.15) is 40.1 Å². The summed E-state index contributed by atoms with van der Waals surface area (Å²) in [4.78, 5) is 35.9. The lowest BCUT2D eigenvalue weighted by atomic mass is 10.0. The number of nitrogens with zero attached hydrogens (tertiary/aromatic N) is 4. The van der Waals surface area contributed by atoms with E-state index in [1.807, 2.05) is 73.7 Å². The topological polar surface area (TPSA) is 123 Å². The van der Waals surface area contributed by atoms with Gasteiger partial charge in [-0.25, -0.2) is 5.10 Å². The number of carbonyl (C=O) groups is 1. The number of benzene rings is 2. The molecule has 194 valence electrons. The third-order valence-electron chi connectivity index (χ3n) is 6.61. The zero-order valence-electron chi connectivity index (χ0n) is 21.5. The fraction of sp³-hybridized carbons (Fsp3) is 0.0645. The van der Waals surface area contributed by atoms with Gasteiger partial charge >= 0.3 is 5.65 Å². The molecule has 0 fully saturated rings. The van der Waals surface area contributed by atoms with Crippen molar-refractivity contribution in [2.45, 2.75) is 13.0 Å². The van der Waals surface area contributed by atoms with Crippen LogP contribution < -0.4 is 21.1 Å². The van der Waals surface area contributed by atoms with Gasteiger partial charge in [0.25, 0.3) is 11.5 Å². The lowest BCUT2D eigenvalue weighted by Gasteiger charge is -2.21. The van der Waals surface area contributed by atoms with Crippen LogP contribution in [0, 0.1) is 11.8 Å². The molecule has 0 aliphatic heterocycles. The normalized spacial score (nSPS) is 11.6. The summed E-state index contributed by atoms with van der Waals surface area (Å²) in [6, 6.07) is 21.6. The Bertz CT molecular complexity index is 2000. The predicted molar refractivity (Wildman–Crippen MR) is 152 cm³/mol. The van der Waals surface area contributed by atoms with Crippen LogP contribution in [0.2, 0.25) is 0 Å². The van der Waals surface area contributed by atoms with Crippen LogP contribution in [0.3, 0.4) is 0 Å². The van der Waals surface area contributed by atoms with Gasteiger partial charge in [0, 0.05) is 41.0 Å². The van der Waals surface area contributed by atoms with Crippen molar-refractivity contribution in [3.05, 3.63) is 130 Å². The number of rotatable bonds is 4. The highest BCUT2D eigenvalue weighted by atomic mass is 16.2. The minimum atomic E-state index is -0.561. The van der Waals surface area contributed by atoms with Crippen molar-refractivity contribution < 1.29 is 9.31 Å². The lowest BCUT2D eigenvalue weighted by Crippen LogP contribution is -2.33. The van der Waals surface area contributed by atoms with Crippen molar-refractivity contribution >= 4 is 28.1 Å². The third kappa shape index (κ3) is 4.44. The van der Waals surface area contributed by atoms with Crippen molar-refractivity contribution in [3.63, 3.8) is 0 Å². The number of hydrogen-bond acceptors (Lipinski definition) is 5. The van der Waals surface area contributed by atoms with E-state index >= 15 is 0 Å². The first kappa shape index (κ1) is 24.6. The summed E-state index contributed by atoms with van der Waals surface area (Å²) in [5.41, 5.74) is 9.22. The minimum absolute atomic E-state index is 0.194. The summed E-state index contributed by atoms with van der Waals surface area (Å²) in [6.07, 6.45) is 6.67. The number of anilines is 1. The predicted octanol–water partition coefficient (Wildman–Crippen LogP) is 3.32. The van der Waals surface area contributed by atoms with Gasteiger partial charge in [-0.1, -0.05) is 42.2 Å². The Hall–Kier alpha value is -5.75. The van der Waals surface area contributed by atoms with E-state index in [1.165, 1.54) is 0 Å². The van der Waals surface area contributed by atoms with Crippen molar-refractivity contribution in [1.29, 1.82) is 0 Å². The Kier molecular flexibility index (Phi) is 6.26. The third-order valence-corrected chi connectivity index (χ3v) is 6.61. The molecule has 9 nitrogen and oxygen atoms in total. The van der Waals surface area contributed by atoms with Gasteiger partial charge in [-0.05, 0) is 53.7 Å². The Morgan fingerprint density at radius 3 is 2.62 bits per heavy atom. The molecular formula is C31H24N7O2+. The number of para-hydroxylation sites is 1. The fourth-order valence-electron chi connectivity index (χ4n) is 4.74. The number of pyridine rings is 2. The molecule has 6 rings (SSSR count). The average molecular weight is 527 g/mol. The maximum Gasteiger partial charge on any atom is 0.362 e. The summed E-state index contributed by atoms with van der Waals surface area (Å²) < 4.78 is 3.20. The summed E-state index contributed by atoms with van der Waals surface area (Å²) in [6.45, 7) is 1.83. The molecule has 6 aromatic rings. The molecule has 0 aliphatic carbocycles. The first-order valence-electron chi connectivity index (χ1n) is 12.6. The van der Waals surface area contributed by atoms with E-state index in [2.05, 4.69) is 32.2 Å². The number of fused-ring (bicyclic) bond motifs is 2. The second-order valence-electron chi connectivity index (χ2n) is 9.21. The molecule has 4 heterocycles. The molecule has 1 unspecified atom stereocenters. The Balaban J connectivity index is 1.48. The van der Waals surface area contributed by atoms with Crippen molar-refractivity contribution in [2.75, 3.05) is 5.73 Å². The number of aromatic nitrogens is 5. The van der Waals surface area contributed by atoms with E-state index in [0.717, 1.165) is 10.9 Å². The highest BCUT2D eigenvalue weighted by molar-refractivity contribution is 6.03. The van der Waals surface area contributed by atoms with E-state index < -0.39 is 11.9 Å². The van der Waals surface area contributed by atoms with Gasteiger partial charge in [-0.3, -0.25) is 19.1 Å². The molecule has 0 saturated heterocycles. The van der Waals surface area contributed by atoms with E-state index in [9.17, 15) is 9.59 Å². The first-order chi connectivity index (χ1) is 19.5. The van der Waals surface area contributed by atoms with E-state index in [1.54, 1.807) is 39.9 Å². The smallest absolute Gasteiger partial charge is 0.362 e. The summed E-state index contributed by atoms with van der Waals surface area (Å²) >= 11 is 0. The highest BCUT2D eigenvalue weighted by Gasteiger charge is 2.27. The molecule has 4 N–H and O–H groups in total. The molecule has 0 spiro atoms. The van der Waals surface area contributed by atoms with Crippen molar-refractivity contribution in [2.24, 2.45) is 0 Å². The van der Waals surface area contributed by atoms with Gasteiger partial charge in [-0.15, -0.1) is 4.52 Å². The molecule has 1 amide bonds. The van der Waals surface area contributed by atoms with E-state index in [4.69, 9.17) is 5.73 Å². The van der Waals surface area contributed by atoms with Crippen LogP contribution in [-0.2, 0) is 0 Å². The molecule has 4 aromatic heterocycles. The summed E-state index contributed by atoms with van der Waals surface area (Å²) in [5.74, 6) is 6.06. The molecule has 40 heavy (non-hydrogen) atoms. The lowest BCUT2D eigenvalue weighted by molar-refractivity contribution is -0.577. The zero-order chi connectivity index (χ0) is 27.6. The Morgan fingerprint density at radius 1 is 1.02 bits per heavy atom. The number of H-pyrrole nitrogens is 1. The van der Waals surface area contributed by atoms with Crippen LogP contribution in [0.5, 0.6) is 0 Å². The monoisotopic (exact) mass is 526 g/mol. The van der Waals surface area contributed by atoms with E-state index in [0.29, 0.717) is 28.0 Å². The van der Waals surface area contributed by atoms with Gasteiger partial charge in [0.15, 0.2) is 11.4 Å². The van der Waals surface area contributed by atoms with Gasteiger partial charge in [-0.2, -0.15) is 0 Å². The Labute approximate surface area is 228 Å². The number of nitrogens with two attached hydrogens (primary N) is 1. The first-order valence-corrected chi connectivity index (χ1v) is 12.6. The van der Waals surface area contributed by atoms with Gasteiger partial charge in [0.05, 0.1) is 11.4 Å². The zero-order valence-corrected chi connectivity index (χ0v) is 21.5. The fourth-order valence-corrected chi connectivity index (χ4v) is 4.74. The number of carbonyl (C=O) groups excluding carboxylic acids is 1. The molecule has 0 saturated carbocycles. The molecule has 0 radical (unpaired) electrons. The molecular weight excluding hydrogens is 502 g/mol.